The van der Waals surface area contributed by atoms with Crippen LogP contribution < -0.4 is 10.6 Å². The predicted molar refractivity (Wildman–Crippen MR) is 109 cm³/mol. The van der Waals surface area contributed by atoms with Crippen molar-refractivity contribution in [1.29, 1.82) is 0 Å². The molecule has 0 radical (unpaired) electrons. The zero-order valence-corrected chi connectivity index (χ0v) is 16.2. The molecule has 1 unspecified atom stereocenters. The molecule has 1 aliphatic carbocycles. The molecular weight excluding hydrogens is 338 g/mol. The monoisotopic (exact) mass is 369 g/mol. The highest BCUT2D eigenvalue weighted by Crippen LogP contribution is 2.32. The number of hydrogen-bond acceptors (Lipinski definition) is 3. The number of guanidine groups is 1. The minimum absolute atomic E-state index is 0.259. The van der Waals surface area contributed by atoms with Crippen LogP contribution in [-0.2, 0) is 17.7 Å². The van der Waals surface area contributed by atoms with Crippen LogP contribution in [0.1, 0.15) is 42.9 Å². The van der Waals surface area contributed by atoms with Gasteiger partial charge in [0, 0.05) is 45.7 Å². The van der Waals surface area contributed by atoms with Crippen LogP contribution in [0.3, 0.4) is 0 Å². The molecule has 27 heavy (non-hydrogen) atoms. The predicted octanol–water partition coefficient (Wildman–Crippen LogP) is 2.92. The Morgan fingerprint density at radius 1 is 1.22 bits per heavy atom. The van der Waals surface area contributed by atoms with Gasteiger partial charge in [0.15, 0.2) is 5.96 Å². The van der Waals surface area contributed by atoms with E-state index in [4.69, 9.17) is 4.74 Å². The molecule has 2 aromatic rings. The average Bonchev–Trinajstić information content (AvgIpc) is 3.23. The third kappa shape index (κ3) is 6.10. The van der Waals surface area contributed by atoms with E-state index in [2.05, 4.69) is 45.0 Å². The smallest absolute Gasteiger partial charge is 0.190 e. The standard InChI is InChI=1S/C21H31N5O/c1-22-21(23-12-5-15-26-16-6-14-25-26)24-13-7-17-27-20-11-4-9-18-8-2-3-10-19(18)20/h2-3,6,8,10,14,16,20H,4-5,7,9,11-13,15,17H2,1H3,(H2,22,23,24). The first-order valence-electron chi connectivity index (χ1n) is 9.98. The van der Waals surface area contributed by atoms with Crippen molar-refractivity contribution in [3.63, 3.8) is 0 Å². The summed E-state index contributed by atoms with van der Waals surface area (Å²) in [6, 6.07) is 10.6. The third-order valence-corrected chi connectivity index (χ3v) is 4.89. The molecule has 0 saturated carbocycles. The Labute approximate surface area is 162 Å². The lowest BCUT2D eigenvalue weighted by Gasteiger charge is -2.25. The molecular formula is C21H31N5O. The van der Waals surface area contributed by atoms with Gasteiger partial charge in [-0.25, -0.2) is 0 Å². The van der Waals surface area contributed by atoms with Crippen molar-refractivity contribution >= 4 is 5.96 Å². The molecule has 6 heteroatoms. The minimum Gasteiger partial charge on any atom is -0.373 e. The number of ether oxygens (including phenoxy) is 1. The van der Waals surface area contributed by atoms with Crippen molar-refractivity contribution in [3.05, 3.63) is 53.9 Å². The van der Waals surface area contributed by atoms with Gasteiger partial charge in [0.25, 0.3) is 0 Å². The molecule has 1 aromatic heterocycles. The number of fused-ring (bicyclic) bond motifs is 1. The van der Waals surface area contributed by atoms with Crippen LogP contribution >= 0.6 is 0 Å². The first-order valence-corrected chi connectivity index (χ1v) is 9.98. The molecule has 1 heterocycles. The number of rotatable bonds is 9. The summed E-state index contributed by atoms with van der Waals surface area (Å²) in [6.45, 7) is 3.40. The van der Waals surface area contributed by atoms with Crippen molar-refractivity contribution in [2.75, 3.05) is 26.7 Å². The van der Waals surface area contributed by atoms with Crippen LogP contribution in [0.4, 0.5) is 0 Å². The van der Waals surface area contributed by atoms with E-state index in [0.717, 1.165) is 51.5 Å². The number of hydrogen-bond donors (Lipinski definition) is 2. The average molecular weight is 370 g/mol. The lowest BCUT2D eigenvalue weighted by atomic mass is 9.89. The normalized spacial score (nSPS) is 16.8. The number of aryl methyl sites for hydroxylation is 2. The largest absolute Gasteiger partial charge is 0.373 e. The summed E-state index contributed by atoms with van der Waals surface area (Å²) in [5.74, 6) is 0.846. The highest BCUT2D eigenvalue weighted by molar-refractivity contribution is 5.79. The van der Waals surface area contributed by atoms with E-state index in [1.54, 1.807) is 7.05 Å². The lowest BCUT2D eigenvalue weighted by Crippen LogP contribution is -2.38. The van der Waals surface area contributed by atoms with Gasteiger partial charge in [0.1, 0.15) is 0 Å². The molecule has 0 aliphatic heterocycles. The second-order valence-corrected chi connectivity index (χ2v) is 6.85. The molecule has 0 bridgehead atoms. The molecule has 6 nitrogen and oxygen atoms in total. The molecule has 2 N–H and O–H groups in total. The molecule has 146 valence electrons. The summed E-state index contributed by atoms with van der Waals surface area (Å²) in [6.07, 6.45) is 9.55. The van der Waals surface area contributed by atoms with Gasteiger partial charge < -0.3 is 15.4 Å². The number of nitrogens with zero attached hydrogens (tertiary/aromatic N) is 3. The van der Waals surface area contributed by atoms with E-state index in [1.807, 2.05) is 23.1 Å². The van der Waals surface area contributed by atoms with Crippen molar-refractivity contribution in [2.24, 2.45) is 4.99 Å². The van der Waals surface area contributed by atoms with Crippen LogP contribution in [0.15, 0.2) is 47.7 Å². The molecule has 3 rings (SSSR count). The number of aromatic nitrogens is 2. The molecule has 1 aliphatic rings. The molecule has 1 aromatic carbocycles. The maximum atomic E-state index is 6.15. The van der Waals surface area contributed by atoms with E-state index in [9.17, 15) is 0 Å². The van der Waals surface area contributed by atoms with Crippen LogP contribution in [0.2, 0.25) is 0 Å². The zero-order chi connectivity index (χ0) is 18.7. The second-order valence-electron chi connectivity index (χ2n) is 6.85. The van der Waals surface area contributed by atoms with Crippen molar-refractivity contribution < 1.29 is 4.74 Å². The van der Waals surface area contributed by atoms with Gasteiger partial charge in [-0.2, -0.15) is 5.10 Å². The Kier molecular flexibility index (Phi) is 7.71. The fraction of sp³-hybridized carbons (Fsp3) is 0.524. The summed E-state index contributed by atoms with van der Waals surface area (Å²) in [5, 5.41) is 10.9. The number of nitrogens with one attached hydrogen (secondary N) is 2. The summed E-state index contributed by atoms with van der Waals surface area (Å²) in [4.78, 5) is 4.27. The summed E-state index contributed by atoms with van der Waals surface area (Å²) in [7, 11) is 1.80. The highest BCUT2D eigenvalue weighted by atomic mass is 16.5. The molecule has 0 saturated heterocycles. The molecule has 0 spiro atoms. The minimum atomic E-state index is 0.259. The van der Waals surface area contributed by atoms with Gasteiger partial charge in [0.2, 0.25) is 0 Å². The third-order valence-electron chi connectivity index (χ3n) is 4.89. The Morgan fingerprint density at radius 3 is 2.89 bits per heavy atom. The Balaban J connectivity index is 1.28. The van der Waals surface area contributed by atoms with Crippen LogP contribution in [-0.4, -0.2) is 42.5 Å². The first kappa shape index (κ1) is 19.4. The number of benzene rings is 1. The SMILES string of the molecule is CN=C(NCCCOC1CCCc2ccccc21)NCCCn1cccn1. The Morgan fingerprint density at radius 2 is 2.07 bits per heavy atom. The topological polar surface area (TPSA) is 63.5 Å². The zero-order valence-electron chi connectivity index (χ0n) is 16.2. The van der Waals surface area contributed by atoms with Crippen LogP contribution in [0.25, 0.3) is 0 Å². The van der Waals surface area contributed by atoms with Gasteiger partial charge in [-0.3, -0.25) is 9.67 Å². The summed E-state index contributed by atoms with van der Waals surface area (Å²) < 4.78 is 8.10. The van der Waals surface area contributed by atoms with Crippen LogP contribution in [0, 0.1) is 0 Å². The fourth-order valence-electron chi connectivity index (χ4n) is 3.49. The van der Waals surface area contributed by atoms with Crippen molar-refractivity contribution in [1.82, 2.24) is 20.4 Å². The quantitative estimate of drug-likeness (QED) is 0.405. The van der Waals surface area contributed by atoms with Gasteiger partial charge >= 0.3 is 0 Å². The van der Waals surface area contributed by atoms with E-state index in [1.165, 1.54) is 24.0 Å². The Hall–Kier alpha value is -2.34. The van der Waals surface area contributed by atoms with Crippen molar-refractivity contribution in [2.45, 2.75) is 44.8 Å². The van der Waals surface area contributed by atoms with E-state index < -0.39 is 0 Å². The Bertz CT molecular complexity index is 698. The van der Waals surface area contributed by atoms with E-state index in [0.29, 0.717) is 0 Å². The maximum absolute atomic E-state index is 6.15. The van der Waals surface area contributed by atoms with Crippen LogP contribution in [0.5, 0.6) is 0 Å². The van der Waals surface area contributed by atoms with Gasteiger partial charge in [-0.15, -0.1) is 0 Å². The molecule has 0 amide bonds. The van der Waals surface area contributed by atoms with E-state index in [-0.39, 0.29) is 6.10 Å². The second kappa shape index (κ2) is 10.7. The summed E-state index contributed by atoms with van der Waals surface area (Å²) >= 11 is 0. The first-order chi connectivity index (χ1) is 13.4. The van der Waals surface area contributed by atoms with Gasteiger partial charge in [-0.1, -0.05) is 24.3 Å². The summed E-state index contributed by atoms with van der Waals surface area (Å²) in [5.41, 5.74) is 2.83. The number of aliphatic imine (C=N–C) groups is 1. The molecule has 1 atom stereocenters. The van der Waals surface area contributed by atoms with Crippen molar-refractivity contribution in [3.8, 4) is 0 Å². The fourth-order valence-corrected chi connectivity index (χ4v) is 3.49. The highest BCUT2D eigenvalue weighted by Gasteiger charge is 2.19. The van der Waals surface area contributed by atoms with Gasteiger partial charge in [-0.05, 0) is 49.3 Å². The van der Waals surface area contributed by atoms with E-state index >= 15 is 0 Å². The molecule has 0 fully saturated rings. The van der Waals surface area contributed by atoms with Gasteiger partial charge in [0.05, 0.1) is 6.10 Å². The lowest BCUT2D eigenvalue weighted by molar-refractivity contribution is 0.0398. The maximum Gasteiger partial charge on any atom is 0.190 e.